The van der Waals surface area contributed by atoms with Crippen molar-refractivity contribution in [3.63, 3.8) is 0 Å². The topological polar surface area (TPSA) is 113 Å². The van der Waals surface area contributed by atoms with Crippen LogP contribution in [0.5, 0.6) is 0 Å². The van der Waals surface area contributed by atoms with Gasteiger partial charge in [0.15, 0.2) is 11.6 Å². The van der Waals surface area contributed by atoms with Crippen molar-refractivity contribution >= 4 is 121 Å². The zero-order valence-corrected chi connectivity index (χ0v) is 33.9. The number of nitrogens with zero attached hydrogens (tertiary/aromatic N) is 8. The molecule has 0 bridgehead atoms. The van der Waals surface area contributed by atoms with Crippen LogP contribution in [0.15, 0.2) is 131 Å². The molecule has 0 spiro atoms. The molecule has 0 saturated heterocycles. The van der Waals surface area contributed by atoms with Crippen molar-refractivity contribution in [1.29, 1.82) is 0 Å². The normalized spacial score (nSPS) is 12.5. The average molecular weight is 801 g/mol. The molecule has 0 aliphatic carbocycles. The second kappa shape index (κ2) is 11.7. The quantitative estimate of drug-likeness (QED) is 0.159. The molecular formula is C52H32N8O2. The fraction of sp³-hybridized carbons (Fsp3) is 0.0769. The Morgan fingerprint density at radius 1 is 0.387 bits per heavy atom. The first kappa shape index (κ1) is 33.6. The average Bonchev–Trinajstić information content (AvgIpc) is 4.06. The molecule has 0 saturated carbocycles. The molecule has 0 atom stereocenters. The van der Waals surface area contributed by atoms with E-state index >= 15 is 0 Å². The third kappa shape index (κ3) is 4.17. The Morgan fingerprint density at radius 2 is 0.806 bits per heavy atom. The van der Waals surface area contributed by atoms with Crippen molar-refractivity contribution in [2.45, 2.75) is 27.7 Å². The van der Waals surface area contributed by atoms with Gasteiger partial charge in [0, 0.05) is 44.7 Å². The van der Waals surface area contributed by atoms with Gasteiger partial charge < -0.3 is 8.83 Å². The number of rotatable bonds is 2. The van der Waals surface area contributed by atoms with Gasteiger partial charge in [-0.1, -0.05) is 72.8 Å². The standard InChI is InChI=1S/C52H32N8O2/c1-25-11-9-15-31-39-49(27(3)21-33-29-13-5-7-17-35(29)61-51(33)39)59(47(25)31)37-23-55-43-41-42(54-20-19-53-41)45-44(46(43)58-37)56-24-38(57-45)60-48-26(2)12-10-16-32(48)40-50(60)28(4)22-34-30-14-6-8-18-36(30)62-52(34)40/h5-24H,1-4H3. The second-order valence-corrected chi connectivity index (χ2v) is 16.5. The Balaban J connectivity index is 1.07. The Kier molecular flexibility index (Phi) is 6.35. The van der Waals surface area contributed by atoms with Crippen molar-refractivity contribution < 1.29 is 8.83 Å². The summed E-state index contributed by atoms with van der Waals surface area (Å²) in [6.45, 7) is 8.59. The van der Waals surface area contributed by atoms with E-state index in [2.05, 4.69) is 110 Å². The van der Waals surface area contributed by atoms with Crippen molar-refractivity contribution in [2.75, 3.05) is 0 Å². The molecule has 0 N–H and O–H groups in total. The van der Waals surface area contributed by atoms with E-state index in [1.54, 1.807) is 12.4 Å². The molecule has 0 unspecified atom stereocenters. The van der Waals surface area contributed by atoms with Crippen molar-refractivity contribution in [3.8, 4) is 11.6 Å². The zero-order chi connectivity index (χ0) is 41.1. The molecule has 7 aromatic carbocycles. The number of aryl methyl sites for hydroxylation is 4. The van der Waals surface area contributed by atoms with Crippen LogP contribution >= 0.6 is 0 Å². The maximum Gasteiger partial charge on any atom is 0.157 e. The number of benzene rings is 7. The summed E-state index contributed by atoms with van der Waals surface area (Å²) in [5.74, 6) is 1.31. The Bertz CT molecular complexity index is 4110. The molecule has 10 heteroatoms. The van der Waals surface area contributed by atoms with Crippen molar-refractivity contribution in [3.05, 3.63) is 144 Å². The third-order valence-corrected chi connectivity index (χ3v) is 12.9. The highest BCUT2D eigenvalue weighted by Crippen LogP contribution is 2.45. The summed E-state index contributed by atoms with van der Waals surface area (Å²) >= 11 is 0. The largest absolute Gasteiger partial charge is 0.455 e. The molecule has 10 nitrogen and oxygen atoms in total. The highest BCUT2D eigenvalue weighted by Gasteiger charge is 2.26. The molecular weight excluding hydrogens is 769 g/mol. The van der Waals surface area contributed by atoms with Gasteiger partial charge >= 0.3 is 0 Å². The van der Waals surface area contributed by atoms with Crippen LogP contribution in [0, 0.1) is 27.7 Å². The highest BCUT2D eigenvalue weighted by molar-refractivity contribution is 6.27. The first-order valence-corrected chi connectivity index (χ1v) is 20.7. The summed E-state index contributed by atoms with van der Waals surface area (Å²) in [6.07, 6.45) is 7.06. The van der Waals surface area contributed by atoms with Crippen LogP contribution in [0.4, 0.5) is 0 Å². The van der Waals surface area contributed by atoms with Gasteiger partial charge in [-0.05, 0) is 74.2 Å². The maximum absolute atomic E-state index is 6.65. The van der Waals surface area contributed by atoms with E-state index in [9.17, 15) is 0 Å². The number of para-hydroxylation sites is 4. The van der Waals surface area contributed by atoms with E-state index in [0.717, 1.165) is 110 Å². The molecule has 0 amide bonds. The molecule has 0 radical (unpaired) electrons. The third-order valence-electron chi connectivity index (χ3n) is 12.9. The Morgan fingerprint density at radius 3 is 1.31 bits per heavy atom. The van der Waals surface area contributed by atoms with Crippen LogP contribution in [0.25, 0.3) is 132 Å². The molecule has 0 aliphatic heterocycles. The lowest BCUT2D eigenvalue weighted by atomic mass is 10.0. The van der Waals surface area contributed by atoms with Crippen molar-refractivity contribution in [2.24, 2.45) is 0 Å². The van der Waals surface area contributed by atoms with Gasteiger partial charge in [0.05, 0.1) is 45.2 Å². The minimum absolute atomic E-state index is 0.592. The molecule has 292 valence electrons. The first-order valence-electron chi connectivity index (χ1n) is 20.7. The molecule has 0 fully saturated rings. The van der Waals surface area contributed by atoms with Gasteiger partial charge in [-0.25, -0.2) is 19.9 Å². The Hall–Kier alpha value is -8.24. The SMILES string of the molecule is Cc1cccc2c3c4oc5ccccc5c4cc(C)c3n(-c3cnc4c5nccnc5c5nc(-n6c7c(C)cccc7c7c8oc9ccccc9c8cc(C)c76)cnc5c4n3)c12. The van der Waals surface area contributed by atoms with Gasteiger partial charge in [-0.15, -0.1) is 0 Å². The minimum atomic E-state index is 0.592. The molecule has 0 aliphatic rings. The molecule has 14 rings (SSSR count). The van der Waals surface area contributed by atoms with E-state index in [-0.39, 0.29) is 0 Å². The van der Waals surface area contributed by atoms with E-state index in [0.29, 0.717) is 44.7 Å². The van der Waals surface area contributed by atoms with E-state index < -0.39 is 0 Å². The maximum atomic E-state index is 6.65. The van der Waals surface area contributed by atoms with Crippen LogP contribution in [-0.4, -0.2) is 39.0 Å². The van der Waals surface area contributed by atoms with Crippen LogP contribution < -0.4 is 0 Å². The summed E-state index contributed by atoms with van der Waals surface area (Å²) in [7, 11) is 0. The second-order valence-electron chi connectivity index (χ2n) is 16.5. The molecule has 62 heavy (non-hydrogen) atoms. The monoisotopic (exact) mass is 800 g/mol. The van der Waals surface area contributed by atoms with Crippen LogP contribution in [0.2, 0.25) is 0 Å². The van der Waals surface area contributed by atoms with Crippen LogP contribution in [-0.2, 0) is 0 Å². The summed E-state index contributed by atoms with van der Waals surface area (Å²) < 4.78 is 17.8. The van der Waals surface area contributed by atoms with Gasteiger partial charge in [0.25, 0.3) is 0 Å². The number of hydrogen-bond acceptors (Lipinski definition) is 8. The van der Waals surface area contributed by atoms with Crippen LogP contribution in [0.3, 0.4) is 0 Å². The lowest BCUT2D eigenvalue weighted by Gasteiger charge is -2.14. The smallest absolute Gasteiger partial charge is 0.157 e. The number of fused-ring (bicyclic) bond motifs is 20. The van der Waals surface area contributed by atoms with Gasteiger partial charge in [-0.2, -0.15) is 0 Å². The predicted molar refractivity (Wildman–Crippen MR) is 248 cm³/mol. The highest BCUT2D eigenvalue weighted by atomic mass is 16.3. The van der Waals surface area contributed by atoms with E-state index in [1.165, 1.54) is 0 Å². The van der Waals surface area contributed by atoms with Gasteiger partial charge in [0.2, 0.25) is 0 Å². The van der Waals surface area contributed by atoms with Crippen molar-refractivity contribution in [1.82, 2.24) is 39.0 Å². The summed E-state index contributed by atoms with van der Waals surface area (Å²) in [5, 5.41) is 8.65. The summed E-state index contributed by atoms with van der Waals surface area (Å²) in [6, 6.07) is 33.7. The van der Waals surface area contributed by atoms with Gasteiger partial charge in [-0.3, -0.25) is 19.1 Å². The molecule has 7 heterocycles. The van der Waals surface area contributed by atoms with Crippen LogP contribution in [0.1, 0.15) is 22.3 Å². The summed E-state index contributed by atoms with van der Waals surface area (Å²) in [4.78, 5) is 31.0. The lowest BCUT2D eigenvalue weighted by Crippen LogP contribution is -2.05. The molecule has 7 aromatic heterocycles. The lowest BCUT2D eigenvalue weighted by molar-refractivity contribution is 0.672. The van der Waals surface area contributed by atoms with E-state index in [1.807, 2.05) is 36.7 Å². The fourth-order valence-electron chi connectivity index (χ4n) is 10.4. The first-order chi connectivity index (χ1) is 30.4. The Labute approximate surface area is 350 Å². The fourth-order valence-corrected chi connectivity index (χ4v) is 10.4. The van der Waals surface area contributed by atoms with E-state index in [4.69, 9.17) is 38.7 Å². The number of hydrogen-bond donors (Lipinski definition) is 0. The van der Waals surface area contributed by atoms with Gasteiger partial charge in [0.1, 0.15) is 55.4 Å². The number of furan rings is 2. The zero-order valence-electron chi connectivity index (χ0n) is 33.9. The predicted octanol–water partition coefficient (Wildman–Crippen LogP) is 12.7. The minimum Gasteiger partial charge on any atom is -0.455 e. The summed E-state index contributed by atoms with van der Waals surface area (Å²) in [5.41, 5.74) is 15.6. The molecule has 14 aromatic rings. The number of aromatic nitrogens is 8.